The lowest BCUT2D eigenvalue weighted by Gasteiger charge is -2.33. The van der Waals surface area contributed by atoms with E-state index in [4.69, 9.17) is 4.74 Å². The lowest BCUT2D eigenvalue weighted by Crippen LogP contribution is -2.47. The molecule has 1 amide bonds. The average Bonchev–Trinajstić information content (AvgIpc) is 2.67. The maximum Gasteiger partial charge on any atom is 0.410 e. The first-order valence-electron chi connectivity index (χ1n) is 11.4. The number of piperidine rings is 1. The Hall–Kier alpha value is -1.50. The molecule has 0 bridgehead atoms. The number of carbonyl (C=O) groups is 1. The number of hydrogen-bond acceptors (Lipinski definition) is 4. The van der Waals surface area contributed by atoms with Crippen LogP contribution in [0.5, 0.6) is 0 Å². The van der Waals surface area contributed by atoms with Gasteiger partial charge in [-0.25, -0.2) is 4.79 Å². The average molecular weight is 412 g/mol. The molecule has 0 radical (unpaired) electrons. The van der Waals surface area contributed by atoms with Crippen LogP contribution >= 0.6 is 0 Å². The van der Waals surface area contributed by atoms with Crippen LogP contribution in [-0.4, -0.2) is 79.8 Å². The monoisotopic (exact) mass is 411 g/mol. The molecule has 1 aliphatic rings. The van der Waals surface area contributed by atoms with E-state index in [0.29, 0.717) is 12.0 Å². The number of aliphatic imine (C=N–C) groups is 1. The fourth-order valence-electron chi connectivity index (χ4n) is 3.55. The largest absolute Gasteiger partial charge is 0.444 e. The Bertz CT molecular complexity index is 492. The Morgan fingerprint density at radius 2 is 1.86 bits per heavy atom. The second-order valence-corrected chi connectivity index (χ2v) is 9.08. The zero-order valence-electron chi connectivity index (χ0n) is 19.9. The molecule has 0 saturated carbocycles. The molecule has 0 aromatic heterocycles. The topological polar surface area (TPSA) is 69.2 Å². The van der Waals surface area contributed by atoms with Gasteiger partial charge in [-0.1, -0.05) is 13.8 Å². The lowest BCUT2D eigenvalue weighted by molar-refractivity contribution is 0.0185. The second-order valence-electron chi connectivity index (χ2n) is 9.08. The predicted octanol–water partition coefficient (Wildman–Crippen LogP) is 3.31. The molecule has 0 aromatic rings. The molecular weight excluding hydrogens is 366 g/mol. The number of likely N-dealkylation sites (tertiary alicyclic amines) is 1. The first-order chi connectivity index (χ1) is 13.7. The van der Waals surface area contributed by atoms with Gasteiger partial charge in [0.1, 0.15) is 5.60 Å². The summed E-state index contributed by atoms with van der Waals surface area (Å²) in [7, 11) is 1.82. The van der Waals surface area contributed by atoms with Gasteiger partial charge in [0, 0.05) is 32.7 Å². The summed E-state index contributed by atoms with van der Waals surface area (Å²) < 4.78 is 5.47. The van der Waals surface area contributed by atoms with E-state index >= 15 is 0 Å². The van der Waals surface area contributed by atoms with Crippen LogP contribution in [0.4, 0.5) is 4.79 Å². The smallest absolute Gasteiger partial charge is 0.410 e. The predicted molar refractivity (Wildman–Crippen MR) is 122 cm³/mol. The first kappa shape index (κ1) is 25.5. The Labute approximate surface area is 178 Å². The normalized spacial score (nSPS) is 17.4. The van der Waals surface area contributed by atoms with Crippen LogP contribution in [-0.2, 0) is 4.74 Å². The van der Waals surface area contributed by atoms with Crippen LogP contribution in [0.15, 0.2) is 4.99 Å². The van der Waals surface area contributed by atoms with Crippen molar-refractivity contribution in [3.8, 4) is 0 Å². The van der Waals surface area contributed by atoms with Gasteiger partial charge in [-0.15, -0.1) is 0 Å². The molecular formula is C22H45N5O2. The minimum Gasteiger partial charge on any atom is -0.444 e. The molecule has 0 aromatic carbocycles. The number of nitrogens with zero attached hydrogens (tertiary/aromatic N) is 3. The number of hydrogen-bond donors (Lipinski definition) is 2. The molecule has 1 unspecified atom stereocenters. The van der Waals surface area contributed by atoms with Crippen molar-refractivity contribution in [2.75, 3.05) is 46.3 Å². The van der Waals surface area contributed by atoms with Crippen molar-refractivity contribution in [3.63, 3.8) is 0 Å². The van der Waals surface area contributed by atoms with Gasteiger partial charge in [-0.05, 0) is 78.9 Å². The molecule has 1 atom stereocenters. The highest BCUT2D eigenvalue weighted by atomic mass is 16.6. The van der Waals surface area contributed by atoms with E-state index in [1.807, 2.05) is 32.7 Å². The van der Waals surface area contributed by atoms with Gasteiger partial charge in [-0.2, -0.15) is 0 Å². The van der Waals surface area contributed by atoms with E-state index < -0.39 is 5.60 Å². The molecule has 0 aliphatic carbocycles. The number of rotatable bonds is 9. The molecule has 0 spiro atoms. The highest BCUT2D eigenvalue weighted by molar-refractivity contribution is 5.79. The van der Waals surface area contributed by atoms with E-state index in [1.165, 1.54) is 6.42 Å². The third-order valence-corrected chi connectivity index (χ3v) is 5.44. The Morgan fingerprint density at radius 3 is 2.38 bits per heavy atom. The van der Waals surface area contributed by atoms with Crippen molar-refractivity contribution < 1.29 is 9.53 Å². The van der Waals surface area contributed by atoms with Crippen molar-refractivity contribution in [1.29, 1.82) is 0 Å². The third-order valence-electron chi connectivity index (χ3n) is 5.44. The summed E-state index contributed by atoms with van der Waals surface area (Å²) in [6.07, 6.45) is 4.10. The van der Waals surface area contributed by atoms with Gasteiger partial charge >= 0.3 is 6.09 Å². The summed E-state index contributed by atoms with van der Waals surface area (Å²) in [4.78, 5) is 20.8. The minimum absolute atomic E-state index is 0.195. The van der Waals surface area contributed by atoms with E-state index in [0.717, 1.165) is 64.5 Å². The Morgan fingerprint density at radius 1 is 1.24 bits per heavy atom. The number of guanidine groups is 1. The van der Waals surface area contributed by atoms with Crippen LogP contribution in [0.2, 0.25) is 0 Å². The lowest BCUT2D eigenvalue weighted by atomic mass is 9.97. The summed E-state index contributed by atoms with van der Waals surface area (Å²) in [6, 6.07) is 0.394. The quantitative estimate of drug-likeness (QED) is 0.450. The van der Waals surface area contributed by atoms with Crippen LogP contribution in [0.25, 0.3) is 0 Å². The highest BCUT2D eigenvalue weighted by Crippen LogP contribution is 2.19. The molecule has 7 heteroatoms. The van der Waals surface area contributed by atoms with Crippen LogP contribution in [0, 0.1) is 5.92 Å². The molecule has 1 heterocycles. The van der Waals surface area contributed by atoms with E-state index in [1.54, 1.807) is 0 Å². The zero-order valence-corrected chi connectivity index (χ0v) is 19.9. The molecule has 2 N–H and O–H groups in total. The van der Waals surface area contributed by atoms with Gasteiger partial charge in [0.15, 0.2) is 5.96 Å². The summed E-state index contributed by atoms with van der Waals surface area (Å²) in [5, 5.41) is 6.97. The van der Waals surface area contributed by atoms with Crippen molar-refractivity contribution in [2.24, 2.45) is 10.9 Å². The molecule has 1 aliphatic heterocycles. The van der Waals surface area contributed by atoms with Crippen LogP contribution in [0.3, 0.4) is 0 Å². The van der Waals surface area contributed by atoms with Crippen LogP contribution in [0.1, 0.15) is 67.2 Å². The van der Waals surface area contributed by atoms with Crippen LogP contribution < -0.4 is 10.6 Å². The van der Waals surface area contributed by atoms with Crippen molar-refractivity contribution in [3.05, 3.63) is 0 Å². The van der Waals surface area contributed by atoms with E-state index in [9.17, 15) is 4.79 Å². The van der Waals surface area contributed by atoms with Crippen molar-refractivity contribution in [2.45, 2.75) is 78.9 Å². The second kappa shape index (κ2) is 12.9. The summed E-state index contributed by atoms with van der Waals surface area (Å²) >= 11 is 0. The number of ether oxygens (including phenoxy) is 1. The third kappa shape index (κ3) is 10.7. The fourth-order valence-corrected chi connectivity index (χ4v) is 3.55. The van der Waals surface area contributed by atoms with Gasteiger partial charge < -0.3 is 25.2 Å². The number of amides is 1. The molecule has 29 heavy (non-hydrogen) atoms. The number of carbonyl (C=O) groups excluding carboxylic acids is 1. The van der Waals surface area contributed by atoms with Crippen molar-refractivity contribution >= 4 is 12.1 Å². The van der Waals surface area contributed by atoms with E-state index in [-0.39, 0.29) is 6.09 Å². The molecule has 1 saturated heterocycles. The first-order valence-corrected chi connectivity index (χ1v) is 11.4. The Balaban J connectivity index is 2.27. The molecule has 1 fully saturated rings. The van der Waals surface area contributed by atoms with E-state index in [2.05, 4.69) is 41.3 Å². The maximum atomic E-state index is 12.2. The molecule has 1 rings (SSSR count). The molecule has 170 valence electrons. The standard InChI is InChI=1S/C22H45N5O2/c1-8-26(9-2)14-10-11-18(3)25-20(23-7)24-17-19-12-15-27(16-13-19)21(28)29-22(4,5)6/h18-19H,8-17H2,1-7H3,(H2,23,24,25). The minimum atomic E-state index is -0.435. The van der Waals surface area contributed by atoms with Crippen molar-refractivity contribution in [1.82, 2.24) is 20.4 Å². The Kier molecular flexibility index (Phi) is 11.4. The fraction of sp³-hybridized carbons (Fsp3) is 0.909. The van der Waals surface area contributed by atoms with Gasteiger partial charge in [0.2, 0.25) is 0 Å². The zero-order chi connectivity index (χ0) is 21.9. The van der Waals surface area contributed by atoms with Gasteiger partial charge in [-0.3, -0.25) is 4.99 Å². The summed E-state index contributed by atoms with van der Waals surface area (Å²) in [5.74, 6) is 1.42. The maximum absolute atomic E-state index is 12.2. The van der Waals surface area contributed by atoms with Gasteiger partial charge in [0.05, 0.1) is 0 Å². The van der Waals surface area contributed by atoms with Gasteiger partial charge in [0.25, 0.3) is 0 Å². The summed E-state index contributed by atoms with van der Waals surface area (Å²) in [6.45, 7) is 18.2. The number of nitrogens with one attached hydrogen (secondary N) is 2. The highest BCUT2D eigenvalue weighted by Gasteiger charge is 2.26. The summed E-state index contributed by atoms with van der Waals surface area (Å²) in [5.41, 5.74) is -0.435. The SMILES string of the molecule is CCN(CC)CCCC(C)NC(=NC)NCC1CCN(C(=O)OC(C)(C)C)CC1. The molecule has 7 nitrogen and oxygen atoms in total.